The number of amides is 3. The maximum absolute atomic E-state index is 13.1. The molecule has 0 radical (unpaired) electrons. The molecule has 8 heteroatoms. The fourth-order valence-electron chi connectivity index (χ4n) is 4.06. The molecule has 180 valence electrons. The van der Waals surface area contributed by atoms with Crippen molar-refractivity contribution in [2.75, 3.05) is 5.32 Å². The van der Waals surface area contributed by atoms with E-state index in [1.807, 2.05) is 66.2 Å². The first-order valence-corrected chi connectivity index (χ1v) is 12.5. The molecule has 4 aromatic rings. The number of carbonyl (C=O) groups is 3. The van der Waals surface area contributed by atoms with E-state index in [2.05, 4.69) is 5.32 Å². The third-order valence-corrected chi connectivity index (χ3v) is 7.04. The fraction of sp³-hybridized carbons (Fsp3) is 0.107. The summed E-state index contributed by atoms with van der Waals surface area (Å²) in [6.07, 6.45) is 3.57. The van der Waals surface area contributed by atoms with E-state index in [4.69, 9.17) is 11.6 Å². The molecule has 1 aliphatic rings. The number of hydrogen-bond donors (Lipinski definition) is 1. The highest BCUT2D eigenvalue weighted by atomic mass is 35.5. The van der Waals surface area contributed by atoms with Crippen LogP contribution in [0.1, 0.15) is 16.7 Å². The van der Waals surface area contributed by atoms with Gasteiger partial charge < -0.3 is 9.88 Å². The molecule has 5 rings (SSSR count). The van der Waals surface area contributed by atoms with Crippen molar-refractivity contribution in [3.8, 4) is 0 Å². The van der Waals surface area contributed by atoms with Gasteiger partial charge in [-0.15, -0.1) is 0 Å². The Morgan fingerprint density at radius 2 is 1.72 bits per heavy atom. The van der Waals surface area contributed by atoms with Crippen LogP contribution >= 0.6 is 23.4 Å². The molecule has 36 heavy (non-hydrogen) atoms. The van der Waals surface area contributed by atoms with Gasteiger partial charge in [0, 0.05) is 33.4 Å². The molecule has 3 aromatic carbocycles. The van der Waals surface area contributed by atoms with Crippen LogP contribution in [0.25, 0.3) is 17.0 Å². The zero-order chi connectivity index (χ0) is 25.2. The van der Waals surface area contributed by atoms with Crippen LogP contribution < -0.4 is 5.32 Å². The zero-order valence-electron chi connectivity index (χ0n) is 19.4. The van der Waals surface area contributed by atoms with Gasteiger partial charge in [-0.3, -0.25) is 19.3 Å². The predicted molar refractivity (Wildman–Crippen MR) is 145 cm³/mol. The van der Waals surface area contributed by atoms with E-state index in [1.54, 1.807) is 30.3 Å². The third kappa shape index (κ3) is 5.08. The minimum Gasteiger partial charge on any atom is -0.337 e. The smallest absolute Gasteiger partial charge is 0.293 e. The van der Waals surface area contributed by atoms with Crippen molar-refractivity contribution in [1.29, 1.82) is 0 Å². The second kappa shape index (κ2) is 10.0. The molecule has 1 fully saturated rings. The van der Waals surface area contributed by atoms with Crippen LogP contribution in [-0.4, -0.2) is 26.5 Å². The van der Waals surface area contributed by atoms with Gasteiger partial charge in [0.2, 0.25) is 5.91 Å². The van der Waals surface area contributed by atoms with Gasteiger partial charge in [0.25, 0.3) is 11.1 Å². The number of aromatic nitrogens is 1. The SMILES string of the molecule is Cc1ccc(NC(=O)Cn2cc(/C=C3/SC(=O)N(Cc4ccc(Cl)cc4)C3=O)c3ccccc32)cc1. The number of para-hydroxylation sites is 1. The van der Waals surface area contributed by atoms with Crippen LogP contribution in [0.15, 0.2) is 83.9 Å². The summed E-state index contributed by atoms with van der Waals surface area (Å²) in [6.45, 7) is 2.28. The van der Waals surface area contributed by atoms with Crippen LogP contribution in [0, 0.1) is 6.92 Å². The molecule has 6 nitrogen and oxygen atoms in total. The second-order valence-corrected chi connectivity index (χ2v) is 9.97. The normalized spacial score (nSPS) is 14.7. The number of aryl methyl sites for hydroxylation is 1. The van der Waals surface area contributed by atoms with Crippen LogP contribution in [-0.2, 0) is 22.7 Å². The Morgan fingerprint density at radius 1 is 1.00 bits per heavy atom. The number of imide groups is 1. The molecule has 3 amide bonds. The number of anilines is 1. The Labute approximate surface area is 217 Å². The van der Waals surface area contributed by atoms with E-state index < -0.39 is 0 Å². The van der Waals surface area contributed by atoms with E-state index in [1.165, 1.54) is 4.90 Å². The molecule has 1 aliphatic heterocycles. The number of nitrogens with one attached hydrogen (secondary N) is 1. The van der Waals surface area contributed by atoms with Gasteiger partial charge in [-0.2, -0.15) is 0 Å². The standard InChI is InChI=1S/C28H22ClN3O3S/c1-18-6-12-22(13-7-18)30-26(33)17-31-16-20(23-4-2-3-5-24(23)31)14-25-27(34)32(28(35)36-25)15-19-8-10-21(29)11-9-19/h2-14,16H,15,17H2,1H3,(H,30,33)/b25-14+. The second-order valence-electron chi connectivity index (χ2n) is 8.54. The average molecular weight is 516 g/mol. The highest BCUT2D eigenvalue weighted by molar-refractivity contribution is 8.18. The van der Waals surface area contributed by atoms with Crippen LogP contribution in [0.5, 0.6) is 0 Å². The minimum atomic E-state index is -0.339. The van der Waals surface area contributed by atoms with E-state index >= 15 is 0 Å². The molecule has 1 saturated heterocycles. The molecule has 0 unspecified atom stereocenters. The lowest BCUT2D eigenvalue weighted by Gasteiger charge is -2.12. The summed E-state index contributed by atoms with van der Waals surface area (Å²) < 4.78 is 1.85. The monoisotopic (exact) mass is 515 g/mol. The number of nitrogens with zero attached hydrogens (tertiary/aromatic N) is 2. The quantitative estimate of drug-likeness (QED) is 0.298. The van der Waals surface area contributed by atoms with Crippen molar-refractivity contribution >= 4 is 63.1 Å². The molecular weight excluding hydrogens is 494 g/mol. The minimum absolute atomic E-state index is 0.111. The van der Waals surface area contributed by atoms with Crippen LogP contribution in [0.2, 0.25) is 5.02 Å². The number of carbonyl (C=O) groups excluding carboxylic acids is 3. The number of hydrogen-bond acceptors (Lipinski definition) is 4. The summed E-state index contributed by atoms with van der Waals surface area (Å²) in [5.74, 6) is -0.497. The molecular formula is C28H22ClN3O3S. The van der Waals surface area contributed by atoms with Crippen molar-refractivity contribution < 1.29 is 14.4 Å². The summed E-state index contributed by atoms with van der Waals surface area (Å²) in [6, 6.07) is 22.4. The summed E-state index contributed by atoms with van der Waals surface area (Å²) in [7, 11) is 0. The van der Waals surface area contributed by atoms with Crippen LogP contribution in [0.4, 0.5) is 10.5 Å². The van der Waals surface area contributed by atoms with E-state index in [0.29, 0.717) is 9.93 Å². The Hall–Kier alpha value is -3.81. The Balaban J connectivity index is 1.38. The molecule has 1 aromatic heterocycles. The van der Waals surface area contributed by atoms with E-state index in [0.717, 1.165) is 45.0 Å². The van der Waals surface area contributed by atoms with Gasteiger partial charge in [0.05, 0.1) is 11.4 Å². The molecule has 1 N–H and O–H groups in total. The maximum Gasteiger partial charge on any atom is 0.293 e. The highest BCUT2D eigenvalue weighted by Crippen LogP contribution is 2.35. The summed E-state index contributed by atoms with van der Waals surface area (Å²) in [4.78, 5) is 40.0. The van der Waals surface area contributed by atoms with Crippen molar-refractivity contribution in [2.45, 2.75) is 20.0 Å². The largest absolute Gasteiger partial charge is 0.337 e. The van der Waals surface area contributed by atoms with Crippen molar-refractivity contribution in [2.24, 2.45) is 0 Å². The first-order valence-electron chi connectivity index (χ1n) is 11.3. The molecule has 0 spiro atoms. The molecule has 2 heterocycles. The van der Waals surface area contributed by atoms with Crippen LogP contribution in [0.3, 0.4) is 0 Å². The van der Waals surface area contributed by atoms with Crippen molar-refractivity contribution in [3.63, 3.8) is 0 Å². The molecule has 0 aliphatic carbocycles. The fourth-order valence-corrected chi connectivity index (χ4v) is 5.02. The lowest BCUT2D eigenvalue weighted by molar-refractivity contribution is -0.123. The van der Waals surface area contributed by atoms with E-state index in [9.17, 15) is 14.4 Å². The van der Waals surface area contributed by atoms with Gasteiger partial charge in [-0.1, -0.05) is 59.6 Å². The van der Waals surface area contributed by atoms with Gasteiger partial charge in [0.1, 0.15) is 6.54 Å². The van der Waals surface area contributed by atoms with Crippen molar-refractivity contribution in [1.82, 2.24) is 9.47 Å². The number of rotatable bonds is 6. The lowest BCUT2D eigenvalue weighted by atomic mass is 10.1. The number of benzene rings is 3. The topological polar surface area (TPSA) is 71.4 Å². The Bertz CT molecular complexity index is 1510. The Morgan fingerprint density at radius 3 is 2.47 bits per heavy atom. The number of halogens is 1. The molecule has 0 atom stereocenters. The number of fused-ring (bicyclic) bond motifs is 1. The van der Waals surface area contributed by atoms with Crippen molar-refractivity contribution in [3.05, 3.63) is 106 Å². The molecule has 0 saturated carbocycles. The lowest BCUT2D eigenvalue weighted by Crippen LogP contribution is -2.27. The van der Waals surface area contributed by atoms with Gasteiger partial charge in [-0.25, -0.2) is 0 Å². The summed E-state index contributed by atoms with van der Waals surface area (Å²) in [5.41, 5.74) is 4.30. The Kier molecular flexibility index (Phi) is 6.67. The zero-order valence-corrected chi connectivity index (χ0v) is 21.0. The summed E-state index contributed by atoms with van der Waals surface area (Å²) >= 11 is 6.86. The molecule has 0 bridgehead atoms. The number of thioether (sulfide) groups is 1. The van der Waals surface area contributed by atoms with Gasteiger partial charge in [0.15, 0.2) is 0 Å². The van der Waals surface area contributed by atoms with Gasteiger partial charge >= 0.3 is 0 Å². The highest BCUT2D eigenvalue weighted by Gasteiger charge is 2.35. The maximum atomic E-state index is 13.1. The predicted octanol–water partition coefficient (Wildman–Crippen LogP) is 6.48. The third-order valence-electron chi connectivity index (χ3n) is 5.88. The summed E-state index contributed by atoms with van der Waals surface area (Å²) in [5, 5.41) is 4.09. The first-order chi connectivity index (χ1) is 17.4. The van der Waals surface area contributed by atoms with E-state index in [-0.39, 0.29) is 30.1 Å². The van der Waals surface area contributed by atoms with Gasteiger partial charge in [-0.05, 0) is 60.7 Å². The average Bonchev–Trinajstić information content (AvgIpc) is 3.33. The first kappa shape index (κ1) is 23.9.